The van der Waals surface area contributed by atoms with Gasteiger partial charge >= 0.3 is 0 Å². The zero-order valence-electron chi connectivity index (χ0n) is 15.6. The minimum Gasteiger partial charge on any atom is -0.326 e. The molecule has 1 aromatic heterocycles. The highest BCUT2D eigenvalue weighted by atomic mass is 19.1. The van der Waals surface area contributed by atoms with Gasteiger partial charge in [0.25, 0.3) is 0 Å². The Morgan fingerprint density at radius 2 is 1.93 bits per heavy atom. The lowest BCUT2D eigenvalue weighted by atomic mass is 10.1. The van der Waals surface area contributed by atoms with Crippen LogP contribution in [-0.2, 0) is 9.59 Å². The number of anilines is 2. The number of aromatic nitrogens is 2. The van der Waals surface area contributed by atoms with E-state index in [0.29, 0.717) is 11.5 Å². The molecule has 1 N–H and O–H groups in total. The number of hydrogen-bond donors (Lipinski definition) is 1. The third kappa shape index (κ3) is 3.61. The quantitative estimate of drug-likeness (QED) is 0.735. The highest BCUT2D eigenvalue weighted by molar-refractivity contribution is 6.03. The molecule has 0 aliphatic carbocycles. The Hall–Kier alpha value is -3.55. The number of carbonyl (C=O) groups is 2. The molecule has 2 aromatic carbocycles. The van der Waals surface area contributed by atoms with Crippen molar-refractivity contribution in [2.75, 3.05) is 16.8 Å². The Labute approximate surface area is 165 Å². The van der Waals surface area contributed by atoms with Crippen molar-refractivity contribution >= 4 is 23.2 Å². The summed E-state index contributed by atoms with van der Waals surface area (Å²) in [7, 11) is 0. The van der Waals surface area contributed by atoms with E-state index in [0.717, 1.165) is 0 Å². The van der Waals surface area contributed by atoms with Gasteiger partial charge in [-0.2, -0.15) is 0 Å². The summed E-state index contributed by atoms with van der Waals surface area (Å²) in [6.45, 7) is 1.83. The van der Waals surface area contributed by atoms with Gasteiger partial charge in [-0.3, -0.25) is 9.59 Å². The molecule has 0 bridgehead atoms. The van der Waals surface area contributed by atoms with Crippen LogP contribution in [0.3, 0.4) is 0 Å². The number of nitrogens with one attached hydrogen (secondary N) is 1. The van der Waals surface area contributed by atoms with Crippen LogP contribution in [0.25, 0.3) is 5.69 Å². The molecule has 2 amide bonds. The smallest absolute Gasteiger partial charge is 0.229 e. The molecule has 1 saturated heterocycles. The zero-order valence-corrected chi connectivity index (χ0v) is 15.6. The lowest BCUT2D eigenvalue weighted by molar-refractivity contribution is -0.122. The molecule has 0 radical (unpaired) electrons. The van der Waals surface area contributed by atoms with Gasteiger partial charge in [0.1, 0.15) is 17.5 Å². The van der Waals surface area contributed by atoms with Gasteiger partial charge in [0.05, 0.1) is 17.3 Å². The van der Waals surface area contributed by atoms with Gasteiger partial charge in [-0.15, -0.1) is 0 Å². The Kier molecular flexibility index (Phi) is 4.84. The number of benzene rings is 2. The van der Waals surface area contributed by atoms with Crippen molar-refractivity contribution in [1.82, 2.24) is 9.55 Å². The van der Waals surface area contributed by atoms with Crippen LogP contribution in [0.2, 0.25) is 0 Å². The number of hydrogen-bond acceptors (Lipinski definition) is 3. The average Bonchev–Trinajstić information content (AvgIpc) is 3.28. The number of para-hydroxylation sites is 1. The SMILES string of the molecule is Cc1nccn1-c1ccc(NC(=O)C2CC(=O)N(c3ccccc3F)C2)cc1F. The van der Waals surface area contributed by atoms with E-state index in [9.17, 15) is 18.4 Å². The van der Waals surface area contributed by atoms with Gasteiger partial charge in [-0.1, -0.05) is 12.1 Å². The maximum absolute atomic E-state index is 14.5. The maximum Gasteiger partial charge on any atom is 0.229 e. The Morgan fingerprint density at radius 1 is 1.14 bits per heavy atom. The largest absolute Gasteiger partial charge is 0.326 e. The van der Waals surface area contributed by atoms with E-state index in [-0.39, 0.29) is 30.2 Å². The van der Waals surface area contributed by atoms with Crippen molar-refractivity contribution in [3.05, 3.63) is 72.3 Å². The summed E-state index contributed by atoms with van der Waals surface area (Å²) in [5.74, 6) is -1.79. The van der Waals surface area contributed by atoms with E-state index >= 15 is 0 Å². The summed E-state index contributed by atoms with van der Waals surface area (Å²) < 4.78 is 30.1. The fraction of sp³-hybridized carbons (Fsp3) is 0.190. The summed E-state index contributed by atoms with van der Waals surface area (Å²) in [4.78, 5) is 30.2. The third-order valence-corrected chi connectivity index (χ3v) is 4.94. The molecule has 0 spiro atoms. The number of aryl methyl sites for hydroxylation is 1. The fourth-order valence-corrected chi connectivity index (χ4v) is 3.44. The van der Waals surface area contributed by atoms with Crippen LogP contribution >= 0.6 is 0 Å². The molecule has 1 aliphatic rings. The van der Waals surface area contributed by atoms with E-state index in [1.54, 1.807) is 42.1 Å². The van der Waals surface area contributed by atoms with Crippen molar-refractivity contribution in [3.63, 3.8) is 0 Å². The van der Waals surface area contributed by atoms with Gasteiger partial charge in [0, 0.05) is 31.0 Å². The molecule has 3 aromatic rings. The minimum atomic E-state index is -0.652. The predicted octanol–water partition coefficient (Wildman–Crippen LogP) is 3.45. The Morgan fingerprint density at radius 3 is 2.62 bits per heavy atom. The number of carbonyl (C=O) groups excluding carboxylic acids is 2. The average molecular weight is 396 g/mol. The monoisotopic (exact) mass is 396 g/mol. The van der Waals surface area contributed by atoms with E-state index in [1.165, 1.54) is 29.2 Å². The summed E-state index contributed by atoms with van der Waals surface area (Å²) >= 11 is 0. The van der Waals surface area contributed by atoms with Gasteiger partial charge < -0.3 is 14.8 Å². The minimum absolute atomic E-state index is 0.0328. The van der Waals surface area contributed by atoms with Crippen molar-refractivity contribution in [2.24, 2.45) is 5.92 Å². The van der Waals surface area contributed by atoms with Crippen molar-refractivity contribution < 1.29 is 18.4 Å². The van der Waals surface area contributed by atoms with Crippen LogP contribution in [0.4, 0.5) is 20.2 Å². The third-order valence-electron chi connectivity index (χ3n) is 4.94. The molecule has 1 unspecified atom stereocenters. The second kappa shape index (κ2) is 7.46. The van der Waals surface area contributed by atoms with Crippen LogP contribution < -0.4 is 10.2 Å². The first kappa shape index (κ1) is 18.8. The number of halogens is 2. The number of nitrogens with zero attached hydrogens (tertiary/aromatic N) is 3. The Bertz CT molecular complexity index is 1100. The van der Waals surface area contributed by atoms with Crippen molar-refractivity contribution in [2.45, 2.75) is 13.3 Å². The molecule has 1 atom stereocenters. The number of rotatable bonds is 4. The highest BCUT2D eigenvalue weighted by Gasteiger charge is 2.36. The van der Waals surface area contributed by atoms with Gasteiger partial charge in [-0.05, 0) is 37.3 Å². The first-order valence-corrected chi connectivity index (χ1v) is 9.09. The molecule has 8 heteroatoms. The standard InChI is InChI=1S/C21H18F2N4O2/c1-13-24-8-9-26(13)19-7-6-15(11-17(19)23)25-21(29)14-10-20(28)27(12-14)18-5-3-2-4-16(18)22/h2-9,11,14H,10,12H2,1H3,(H,25,29). The van der Waals surface area contributed by atoms with Crippen LogP contribution in [0.15, 0.2) is 54.9 Å². The van der Waals surface area contributed by atoms with Crippen molar-refractivity contribution in [1.29, 1.82) is 0 Å². The zero-order chi connectivity index (χ0) is 20.5. The molecule has 6 nitrogen and oxygen atoms in total. The molecular weight excluding hydrogens is 378 g/mol. The van der Waals surface area contributed by atoms with Crippen LogP contribution in [0, 0.1) is 24.5 Å². The molecule has 2 heterocycles. The number of imidazole rings is 1. The summed E-state index contributed by atoms with van der Waals surface area (Å²) in [6.07, 6.45) is 3.19. The molecule has 1 fully saturated rings. The molecule has 29 heavy (non-hydrogen) atoms. The molecular formula is C21H18F2N4O2. The van der Waals surface area contributed by atoms with E-state index in [4.69, 9.17) is 0 Å². The van der Waals surface area contributed by atoms with E-state index in [1.807, 2.05) is 0 Å². The molecule has 4 rings (SSSR count). The summed E-state index contributed by atoms with van der Waals surface area (Å²) in [5.41, 5.74) is 0.754. The lowest BCUT2D eigenvalue weighted by Crippen LogP contribution is -2.28. The van der Waals surface area contributed by atoms with E-state index in [2.05, 4.69) is 10.3 Å². The second-order valence-corrected chi connectivity index (χ2v) is 6.86. The normalized spacial score (nSPS) is 16.3. The first-order chi connectivity index (χ1) is 13.9. The second-order valence-electron chi connectivity index (χ2n) is 6.86. The maximum atomic E-state index is 14.5. The van der Waals surface area contributed by atoms with Gasteiger partial charge in [0.2, 0.25) is 11.8 Å². The first-order valence-electron chi connectivity index (χ1n) is 9.09. The highest BCUT2D eigenvalue weighted by Crippen LogP contribution is 2.28. The van der Waals surface area contributed by atoms with E-state index < -0.39 is 23.5 Å². The van der Waals surface area contributed by atoms with Crippen molar-refractivity contribution in [3.8, 4) is 5.69 Å². The van der Waals surface area contributed by atoms with Gasteiger partial charge in [-0.25, -0.2) is 13.8 Å². The molecule has 1 aliphatic heterocycles. The predicted molar refractivity (Wildman–Crippen MR) is 104 cm³/mol. The topological polar surface area (TPSA) is 67.2 Å². The summed E-state index contributed by atoms with van der Waals surface area (Å²) in [6, 6.07) is 10.3. The van der Waals surface area contributed by atoms with Crippen LogP contribution in [0.5, 0.6) is 0 Å². The van der Waals surface area contributed by atoms with Crippen LogP contribution in [-0.4, -0.2) is 27.9 Å². The summed E-state index contributed by atoms with van der Waals surface area (Å²) in [5, 5.41) is 2.64. The molecule has 148 valence electrons. The van der Waals surface area contributed by atoms with Gasteiger partial charge in [0.15, 0.2) is 0 Å². The number of amides is 2. The molecule has 0 saturated carbocycles. The Balaban J connectivity index is 1.47. The fourth-order valence-electron chi connectivity index (χ4n) is 3.44. The van der Waals surface area contributed by atoms with Crippen LogP contribution in [0.1, 0.15) is 12.2 Å². The lowest BCUT2D eigenvalue weighted by Gasteiger charge is -2.17.